The van der Waals surface area contributed by atoms with Crippen LogP contribution in [0.25, 0.3) is 0 Å². The quantitative estimate of drug-likeness (QED) is 0.915. The smallest absolute Gasteiger partial charge is 0.373 e. The Morgan fingerprint density at radius 3 is 2.42 bits per heavy atom. The van der Waals surface area contributed by atoms with Gasteiger partial charge in [-0.1, -0.05) is 12.1 Å². The minimum atomic E-state index is -4.28. The fourth-order valence-electron chi connectivity index (χ4n) is 2.34. The normalized spacial score (nSPS) is 24.4. The molecular weight excluding hydrogens is 255 g/mol. The molecule has 0 spiro atoms. The van der Waals surface area contributed by atoms with Crippen molar-refractivity contribution in [3.8, 4) is 0 Å². The van der Waals surface area contributed by atoms with Crippen LogP contribution in [-0.2, 0) is 17.5 Å². The van der Waals surface area contributed by atoms with E-state index in [0.29, 0.717) is 6.61 Å². The van der Waals surface area contributed by atoms with Gasteiger partial charge in [-0.15, -0.1) is 0 Å². The number of benzene rings is 1. The minimum absolute atomic E-state index is 0.131. The van der Waals surface area contributed by atoms with Crippen LogP contribution >= 0.6 is 0 Å². The highest BCUT2D eigenvalue weighted by molar-refractivity contribution is 5.24. The van der Waals surface area contributed by atoms with Crippen LogP contribution in [0.3, 0.4) is 0 Å². The van der Waals surface area contributed by atoms with E-state index in [4.69, 9.17) is 10.5 Å². The maximum Gasteiger partial charge on any atom is 0.416 e. The van der Waals surface area contributed by atoms with Crippen molar-refractivity contribution in [2.75, 3.05) is 0 Å². The van der Waals surface area contributed by atoms with Gasteiger partial charge in [-0.2, -0.15) is 13.2 Å². The average molecular weight is 273 g/mol. The van der Waals surface area contributed by atoms with Crippen LogP contribution in [0.5, 0.6) is 0 Å². The fourth-order valence-corrected chi connectivity index (χ4v) is 2.34. The number of rotatable bonds is 3. The van der Waals surface area contributed by atoms with Crippen LogP contribution in [0.4, 0.5) is 13.2 Å². The summed E-state index contributed by atoms with van der Waals surface area (Å²) in [6, 6.07) is 5.29. The lowest BCUT2D eigenvalue weighted by Crippen LogP contribution is -2.32. The van der Waals surface area contributed by atoms with Gasteiger partial charge in [0.05, 0.1) is 18.3 Å². The van der Waals surface area contributed by atoms with Crippen LogP contribution in [0.1, 0.15) is 36.8 Å². The Bertz CT molecular complexity index is 402. The molecule has 1 saturated carbocycles. The van der Waals surface area contributed by atoms with Gasteiger partial charge < -0.3 is 10.5 Å². The zero-order valence-corrected chi connectivity index (χ0v) is 10.6. The van der Waals surface area contributed by atoms with Gasteiger partial charge >= 0.3 is 6.18 Å². The van der Waals surface area contributed by atoms with Crippen LogP contribution in [0, 0.1) is 0 Å². The van der Waals surface area contributed by atoms with Gasteiger partial charge in [0.2, 0.25) is 0 Å². The second-order valence-electron chi connectivity index (χ2n) is 5.05. The van der Waals surface area contributed by atoms with Crippen molar-refractivity contribution in [1.29, 1.82) is 0 Å². The van der Waals surface area contributed by atoms with Crippen molar-refractivity contribution in [2.24, 2.45) is 5.73 Å². The summed E-state index contributed by atoms with van der Waals surface area (Å²) in [7, 11) is 0. The summed E-state index contributed by atoms with van der Waals surface area (Å²) in [4.78, 5) is 0. The Kier molecular flexibility index (Phi) is 4.47. The molecule has 0 saturated heterocycles. The molecule has 19 heavy (non-hydrogen) atoms. The first-order chi connectivity index (χ1) is 8.95. The average Bonchev–Trinajstić information content (AvgIpc) is 2.36. The summed E-state index contributed by atoms with van der Waals surface area (Å²) in [5.41, 5.74) is 5.98. The number of hydrogen-bond acceptors (Lipinski definition) is 2. The number of alkyl halides is 3. The van der Waals surface area contributed by atoms with E-state index in [9.17, 15) is 13.2 Å². The monoisotopic (exact) mass is 273 g/mol. The molecule has 1 aliphatic carbocycles. The van der Waals surface area contributed by atoms with Crippen molar-refractivity contribution in [3.63, 3.8) is 0 Å². The number of ether oxygens (including phenoxy) is 1. The summed E-state index contributed by atoms with van der Waals surface area (Å²) >= 11 is 0. The second-order valence-corrected chi connectivity index (χ2v) is 5.05. The molecule has 0 amide bonds. The number of nitrogens with two attached hydrogens (primary N) is 1. The lowest BCUT2D eigenvalue weighted by Gasteiger charge is -2.26. The van der Waals surface area contributed by atoms with E-state index in [0.717, 1.165) is 43.4 Å². The van der Waals surface area contributed by atoms with E-state index in [1.54, 1.807) is 0 Å². The minimum Gasteiger partial charge on any atom is -0.373 e. The molecule has 2 N–H and O–H groups in total. The van der Waals surface area contributed by atoms with E-state index >= 15 is 0 Å². The molecule has 5 heteroatoms. The molecule has 0 bridgehead atoms. The third-order valence-electron chi connectivity index (χ3n) is 3.43. The van der Waals surface area contributed by atoms with Gasteiger partial charge in [-0.25, -0.2) is 0 Å². The highest BCUT2D eigenvalue weighted by Gasteiger charge is 2.30. The lowest BCUT2D eigenvalue weighted by molar-refractivity contribution is -0.137. The summed E-state index contributed by atoms with van der Waals surface area (Å²) in [5, 5.41) is 0. The van der Waals surface area contributed by atoms with Gasteiger partial charge in [-0.05, 0) is 43.4 Å². The molecule has 2 unspecified atom stereocenters. The van der Waals surface area contributed by atoms with Crippen LogP contribution in [-0.4, -0.2) is 12.1 Å². The predicted octanol–water partition coefficient (Wildman–Crippen LogP) is 3.49. The highest BCUT2D eigenvalue weighted by atomic mass is 19.4. The van der Waals surface area contributed by atoms with E-state index in [1.807, 2.05) is 0 Å². The molecule has 0 radical (unpaired) electrons. The Labute approximate surface area is 110 Å². The molecule has 106 valence electrons. The van der Waals surface area contributed by atoms with Gasteiger partial charge in [0.15, 0.2) is 0 Å². The van der Waals surface area contributed by atoms with E-state index < -0.39 is 11.7 Å². The maximum absolute atomic E-state index is 12.4. The molecule has 1 fully saturated rings. The summed E-state index contributed by atoms with van der Waals surface area (Å²) in [6.07, 6.45) is -0.255. The zero-order valence-electron chi connectivity index (χ0n) is 10.6. The summed E-state index contributed by atoms with van der Waals surface area (Å²) in [6.45, 7) is 0.343. The van der Waals surface area contributed by atoms with E-state index in [-0.39, 0.29) is 12.1 Å². The summed E-state index contributed by atoms with van der Waals surface area (Å²) < 4.78 is 42.9. The predicted molar refractivity (Wildman–Crippen MR) is 66.5 cm³/mol. The molecule has 2 nitrogen and oxygen atoms in total. The molecule has 0 heterocycles. The van der Waals surface area contributed by atoms with Crippen molar-refractivity contribution in [2.45, 2.75) is 50.6 Å². The van der Waals surface area contributed by atoms with Crippen molar-refractivity contribution in [1.82, 2.24) is 0 Å². The Balaban J connectivity index is 1.86. The van der Waals surface area contributed by atoms with E-state index in [2.05, 4.69) is 0 Å². The van der Waals surface area contributed by atoms with Crippen molar-refractivity contribution >= 4 is 0 Å². The highest BCUT2D eigenvalue weighted by Crippen LogP contribution is 2.29. The molecule has 0 aliphatic heterocycles. The Morgan fingerprint density at radius 1 is 1.16 bits per heavy atom. The van der Waals surface area contributed by atoms with Crippen molar-refractivity contribution < 1.29 is 17.9 Å². The van der Waals surface area contributed by atoms with Gasteiger partial charge in [0.25, 0.3) is 0 Å². The molecule has 0 aromatic heterocycles. The number of halogens is 3. The third kappa shape index (κ3) is 4.21. The van der Waals surface area contributed by atoms with Gasteiger partial charge in [-0.3, -0.25) is 0 Å². The Hall–Kier alpha value is -1.07. The first-order valence-corrected chi connectivity index (χ1v) is 6.48. The topological polar surface area (TPSA) is 35.2 Å². The second kappa shape index (κ2) is 5.92. The van der Waals surface area contributed by atoms with Gasteiger partial charge in [0, 0.05) is 6.04 Å². The lowest BCUT2D eigenvalue weighted by atomic mass is 9.93. The largest absolute Gasteiger partial charge is 0.416 e. The first kappa shape index (κ1) is 14.3. The molecule has 1 aromatic rings. The van der Waals surface area contributed by atoms with Crippen LogP contribution in [0.2, 0.25) is 0 Å². The SMILES string of the molecule is NC1CCCC(OCc2ccc(C(F)(F)F)cc2)C1. The fraction of sp³-hybridized carbons (Fsp3) is 0.571. The zero-order chi connectivity index (χ0) is 13.9. The molecule has 2 atom stereocenters. The summed E-state index contributed by atoms with van der Waals surface area (Å²) in [5.74, 6) is 0. The van der Waals surface area contributed by atoms with Crippen molar-refractivity contribution in [3.05, 3.63) is 35.4 Å². The Morgan fingerprint density at radius 2 is 1.84 bits per heavy atom. The molecule has 2 rings (SSSR count). The van der Waals surface area contributed by atoms with E-state index in [1.165, 1.54) is 12.1 Å². The van der Waals surface area contributed by atoms with Crippen LogP contribution < -0.4 is 5.73 Å². The third-order valence-corrected chi connectivity index (χ3v) is 3.43. The molecular formula is C14H18F3NO. The molecule has 1 aromatic carbocycles. The maximum atomic E-state index is 12.4. The van der Waals surface area contributed by atoms with Gasteiger partial charge in [0.1, 0.15) is 0 Å². The van der Waals surface area contributed by atoms with Crippen LogP contribution in [0.15, 0.2) is 24.3 Å². The number of hydrogen-bond donors (Lipinski definition) is 1. The standard InChI is InChI=1S/C14H18F3NO/c15-14(16,17)11-6-4-10(5-7-11)9-19-13-3-1-2-12(18)8-13/h4-7,12-13H,1-3,8-9,18H2. The first-order valence-electron chi connectivity index (χ1n) is 6.48. The molecule has 1 aliphatic rings.